The molecule has 1 nitrogen and oxygen atoms in total. The molecular formula is C10H15NS2. The first kappa shape index (κ1) is 9.56. The van der Waals surface area contributed by atoms with Gasteiger partial charge in [0.25, 0.3) is 0 Å². The second-order valence-electron chi connectivity index (χ2n) is 3.39. The Morgan fingerprint density at radius 2 is 2.38 bits per heavy atom. The first-order chi connectivity index (χ1) is 6.29. The van der Waals surface area contributed by atoms with Gasteiger partial charge in [-0.3, -0.25) is 5.32 Å². The van der Waals surface area contributed by atoms with Gasteiger partial charge in [0.1, 0.15) is 0 Å². The van der Waals surface area contributed by atoms with E-state index in [9.17, 15) is 0 Å². The van der Waals surface area contributed by atoms with E-state index in [1.807, 2.05) is 23.1 Å². The second-order valence-corrected chi connectivity index (χ2v) is 6.14. The number of nitrogens with one attached hydrogen (secondary N) is 1. The first-order valence-corrected chi connectivity index (χ1v) is 6.53. The highest BCUT2D eigenvalue weighted by Crippen LogP contribution is 2.37. The number of rotatable bonds is 2. The van der Waals surface area contributed by atoms with Crippen molar-refractivity contribution in [1.82, 2.24) is 5.32 Å². The normalized spacial score (nSPS) is 28.2. The highest BCUT2D eigenvalue weighted by Gasteiger charge is 2.23. The van der Waals surface area contributed by atoms with Crippen LogP contribution in [0, 0.1) is 0 Å². The average Bonchev–Trinajstić information content (AvgIpc) is 2.71. The Hall–Kier alpha value is 0.01000. The third kappa shape index (κ3) is 2.09. The number of thiophene rings is 1. The van der Waals surface area contributed by atoms with Crippen molar-refractivity contribution in [2.75, 3.05) is 6.54 Å². The molecule has 3 heteroatoms. The predicted octanol–water partition coefficient (Wildman–Crippen LogP) is 3.03. The molecule has 1 aliphatic rings. The van der Waals surface area contributed by atoms with E-state index >= 15 is 0 Å². The van der Waals surface area contributed by atoms with Crippen LogP contribution in [0.5, 0.6) is 0 Å². The van der Waals surface area contributed by atoms with Crippen molar-refractivity contribution in [3.8, 4) is 0 Å². The Bertz CT molecular complexity index is 282. The van der Waals surface area contributed by atoms with Gasteiger partial charge in [-0.2, -0.15) is 0 Å². The summed E-state index contributed by atoms with van der Waals surface area (Å²) in [6, 6.07) is 4.53. The Kier molecular flexibility index (Phi) is 2.96. The van der Waals surface area contributed by atoms with E-state index < -0.39 is 0 Å². The Labute approximate surface area is 87.9 Å². The van der Waals surface area contributed by atoms with Gasteiger partial charge >= 0.3 is 0 Å². The van der Waals surface area contributed by atoms with Crippen molar-refractivity contribution in [2.45, 2.75) is 30.9 Å². The van der Waals surface area contributed by atoms with E-state index in [2.05, 4.69) is 31.3 Å². The molecule has 0 aromatic carbocycles. The Morgan fingerprint density at radius 1 is 1.54 bits per heavy atom. The molecule has 13 heavy (non-hydrogen) atoms. The summed E-state index contributed by atoms with van der Waals surface area (Å²) in [4.78, 5) is 2.99. The first-order valence-electron chi connectivity index (χ1n) is 4.77. The molecule has 1 aromatic rings. The standard InChI is InChI=1S/C10H15NS2/c1-3-8-4-5-9(13-8)10-11-6-7(2)12-10/h4-5,7,10-11H,3,6H2,1-2H3. The topological polar surface area (TPSA) is 12.0 Å². The fourth-order valence-electron chi connectivity index (χ4n) is 1.49. The maximum absolute atomic E-state index is 3.53. The summed E-state index contributed by atoms with van der Waals surface area (Å²) >= 11 is 3.99. The maximum Gasteiger partial charge on any atom is 0.0886 e. The third-order valence-electron chi connectivity index (χ3n) is 2.25. The van der Waals surface area contributed by atoms with Crippen LogP contribution in [0.25, 0.3) is 0 Å². The van der Waals surface area contributed by atoms with Crippen LogP contribution in [0.15, 0.2) is 12.1 Å². The van der Waals surface area contributed by atoms with Gasteiger partial charge < -0.3 is 0 Å². The van der Waals surface area contributed by atoms with Gasteiger partial charge in [-0.05, 0) is 18.6 Å². The molecule has 0 aliphatic carbocycles. The molecule has 1 N–H and O–H groups in total. The average molecular weight is 213 g/mol. The molecule has 2 heterocycles. The summed E-state index contributed by atoms with van der Waals surface area (Å²) in [5.74, 6) is 0. The van der Waals surface area contributed by atoms with Gasteiger partial charge in [-0.1, -0.05) is 13.8 Å². The van der Waals surface area contributed by atoms with E-state index in [0.29, 0.717) is 5.37 Å². The molecule has 1 aliphatic heterocycles. The van der Waals surface area contributed by atoms with E-state index in [-0.39, 0.29) is 0 Å². The fourth-order valence-corrected chi connectivity index (χ4v) is 3.78. The van der Waals surface area contributed by atoms with Crippen molar-refractivity contribution in [2.24, 2.45) is 0 Å². The lowest BCUT2D eigenvalue weighted by atomic mass is 10.3. The molecule has 0 saturated carbocycles. The van der Waals surface area contributed by atoms with Crippen molar-refractivity contribution in [3.05, 3.63) is 21.9 Å². The summed E-state index contributed by atoms with van der Waals surface area (Å²) in [6.45, 7) is 5.65. The van der Waals surface area contributed by atoms with Crippen molar-refractivity contribution in [3.63, 3.8) is 0 Å². The molecule has 1 aromatic heterocycles. The summed E-state index contributed by atoms with van der Waals surface area (Å²) in [5, 5.41) is 4.85. The van der Waals surface area contributed by atoms with Crippen LogP contribution < -0.4 is 5.32 Å². The van der Waals surface area contributed by atoms with Crippen LogP contribution >= 0.6 is 23.1 Å². The molecule has 1 fully saturated rings. The van der Waals surface area contributed by atoms with Crippen LogP contribution in [0.2, 0.25) is 0 Å². The lowest BCUT2D eigenvalue weighted by molar-refractivity contribution is 0.725. The molecule has 0 radical (unpaired) electrons. The quantitative estimate of drug-likeness (QED) is 0.810. The molecule has 0 bridgehead atoms. The van der Waals surface area contributed by atoms with E-state index in [4.69, 9.17) is 0 Å². The number of hydrogen-bond acceptors (Lipinski definition) is 3. The van der Waals surface area contributed by atoms with Gasteiger partial charge in [-0.25, -0.2) is 0 Å². The van der Waals surface area contributed by atoms with Crippen molar-refractivity contribution in [1.29, 1.82) is 0 Å². The van der Waals surface area contributed by atoms with Gasteiger partial charge in [0.15, 0.2) is 0 Å². The van der Waals surface area contributed by atoms with E-state index in [1.165, 1.54) is 9.75 Å². The van der Waals surface area contributed by atoms with Crippen molar-refractivity contribution >= 4 is 23.1 Å². The van der Waals surface area contributed by atoms with Gasteiger partial charge in [0.2, 0.25) is 0 Å². The number of hydrogen-bond donors (Lipinski definition) is 1. The highest BCUT2D eigenvalue weighted by atomic mass is 32.2. The Morgan fingerprint density at radius 3 is 2.92 bits per heavy atom. The zero-order chi connectivity index (χ0) is 9.26. The lowest BCUT2D eigenvalue weighted by Gasteiger charge is -2.05. The van der Waals surface area contributed by atoms with Gasteiger partial charge in [-0.15, -0.1) is 23.1 Å². The van der Waals surface area contributed by atoms with E-state index in [1.54, 1.807) is 0 Å². The predicted molar refractivity (Wildman–Crippen MR) is 61.5 cm³/mol. The second kappa shape index (κ2) is 4.03. The molecule has 2 rings (SSSR count). The molecule has 0 spiro atoms. The third-order valence-corrected chi connectivity index (χ3v) is 5.02. The van der Waals surface area contributed by atoms with Crippen LogP contribution in [-0.2, 0) is 6.42 Å². The van der Waals surface area contributed by atoms with E-state index in [0.717, 1.165) is 18.2 Å². The minimum absolute atomic E-state index is 0.556. The van der Waals surface area contributed by atoms with Gasteiger partial charge in [0, 0.05) is 21.5 Å². The molecule has 2 unspecified atom stereocenters. The molecule has 2 atom stereocenters. The number of thioether (sulfide) groups is 1. The molecular weight excluding hydrogens is 198 g/mol. The molecule has 0 amide bonds. The molecule has 1 saturated heterocycles. The number of aryl methyl sites for hydroxylation is 1. The summed E-state index contributed by atoms with van der Waals surface area (Å²) in [7, 11) is 0. The zero-order valence-corrected chi connectivity index (χ0v) is 9.67. The fraction of sp³-hybridized carbons (Fsp3) is 0.600. The smallest absolute Gasteiger partial charge is 0.0886 e. The SMILES string of the molecule is CCc1ccc(C2NCC(C)S2)s1. The van der Waals surface area contributed by atoms with Crippen LogP contribution in [0.4, 0.5) is 0 Å². The minimum atomic E-state index is 0.556. The summed E-state index contributed by atoms with van der Waals surface area (Å²) in [5.41, 5.74) is 0. The van der Waals surface area contributed by atoms with Crippen LogP contribution in [0.1, 0.15) is 29.0 Å². The largest absolute Gasteiger partial charge is 0.300 e. The van der Waals surface area contributed by atoms with Crippen LogP contribution in [-0.4, -0.2) is 11.8 Å². The highest BCUT2D eigenvalue weighted by molar-refractivity contribution is 8.00. The molecule has 72 valence electrons. The summed E-state index contributed by atoms with van der Waals surface area (Å²) < 4.78 is 0. The van der Waals surface area contributed by atoms with Crippen molar-refractivity contribution < 1.29 is 0 Å². The summed E-state index contributed by atoms with van der Waals surface area (Å²) in [6.07, 6.45) is 1.16. The lowest BCUT2D eigenvalue weighted by Crippen LogP contribution is -2.12. The Balaban J connectivity index is 2.08. The maximum atomic E-state index is 3.53. The zero-order valence-electron chi connectivity index (χ0n) is 8.04. The minimum Gasteiger partial charge on any atom is -0.300 e. The van der Waals surface area contributed by atoms with Crippen LogP contribution in [0.3, 0.4) is 0 Å². The van der Waals surface area contributed by atoms with Gasteiger partial charge in [0.05, 0.1) is 5.37 Å². The monoisotopic (exact) mass is 213 g/mol.